The zero-order chi connectivity index (χ0) is 15.7. The molecule has 2 fully saturated rings. The number of rotatable bonds is 4. The van der Waals surface area contributed by atoms with Gasteiger partial charge in [0, 0.05) is 17.1 Å². The second-order valence-electron chi connectivity index (χ2n) is 5.86. The Labute approximate surface area is 139 Å². The molecule has 7 heteroatoms. The summed E-state index contributed by atoms with van der Waals surface area (Å²) in [6.07, 6.45) is 4.27. The first-order chi connectivity index (χ1) is 10.5. The van der Waals surface area contributed by atoms with E-state index in [2.05, 4.69) is 21.2 Å². The van der Waals surface area contributed by atoms with Crippen molar-refractivity contribution in [3.8, 4) is 0 Å². The molecule has 1 saturated heterocycles. The Morgan fingerprint density at radius 3 is 2.45 bits per heavy atom. The maximum Gasteiger partial charge on any atom is 0.243 e. The first-order valence-electron chi connectivity index (χ1n) is 7.56. The molecule has 120 valence electrons. The smallest absolute Gasteiger partial charge is 0.243 e. The van der Waals surface area contributed by atoms with Crippen molar-refractivity contribution in [3.05, 3.63) is 28.7 Å². The Bertz CT molecular complexity index is 656. The first-order valence-corrected chi connectivity index (χ1v) is 9.79. The number of sulfonamides is 1. The van der Waals surface area contributed by atoms with Gasteiger partial charge in [0.05, 0.1) is 4.90 Å². The normalized spacial score (nSPS) is 23.2. The zero-order valence-corrected chi connectivity index (χ0v) is 14.6. The number of carbonyl (C=O) groups excluding carboxylic acids is 1. The minimum atomic E-state index is -3.64. The summed E-state index contributed by atoms with van der Waals surface area (Å²) in [6, 6.07) is 6.22. The van der Waals surface area contributed by atoms with Gasteiger partial charge < -0.3 is 5.32 Å². The van der Waals surface area contributed by atoms with Gasteiger partial charge in [-0.15, -0.1) is 0 Å². The molecule has 3 rings (SSSR count). The summed E-state index contributed by atoms with van der Waals surface area (Å²) in [5, 5.41) is 2.93. The minimum absolute atomic E-state index is 0.150. The van der Waals surface area contributed by atoms with E-state index in [1.54, 1.807) is 24.3 Å². The SMILES string of the molecule is O=C(NC1CC1)[C@H]1CCCCN1S(=O)(=O)c1ccc(Br)cc1. The van der Waals surface area contributed by atoms with Gasteiger partial charge in [-0.1, -0.05) is 22.4 Å². The number of benzene rings is 1. The molecule has 1 heterocycles. The summed E-state index contributed by atoms with van der Waals surface area (Å²) in [5.74, 6) is -0.150. The van der Waals surface area contributed by atoms with Crippen molar-refractivity contribution in [2.45, 2.75) is 49.1 Å². The van der Waals surface area contributed by atoms with Crippen LogP contribution < -0.4 is 5.32 Å². The summed E-state index contributed by atoms with van der Waals surface area (Å²) in [5.41, 5.74) is 0. The van der Waals surface area contributed by atoms with Crippen LogP contribution in [0.25, 0.3) is 0 Å². The van der Waals surface area contributed by atoms with Gasteiger partial charge >= 0.3 is 0 Å². The van der Waals surface area contributed by atoms with Gasteiger partial charge in [0.15, 0.2) is 0 Å². The molecule has 0 spiro atoms. The fourth-order valence-corrected chi connectivity index (χ4v) is 4.64. The number of amides is 1. The van der Waals surface area contributed by atoms with Crippen molar-refractivity contribution in [2.24, 2.45) is 0 Å². The molecule has 2 aliphatic rings. The van der Waals surface area contributed by atoms with Crippen LogP contribution in [0, 0.1) is 0 Å². The highest BCUT2D eigenvalue weighted by molar-refractivity contribution is 9.10. The number of nitrogens with one attached hydrogen (secondary N) is 1. The van der Waals surface area contributed by atoms with Gasteiger partial charge in [-0.3, -0.25) is 4.79 Å². The van der Waals surface area contributed by atoms with E-state index in [-0.39, 0.29) is 16.8 Å². The third-order valence-electron chi connectivity index (χ3n) is 4.10. The average Bonchev–Trinajstić information content (AvgIpc) is 3.31. The van der Waals surface area contributed by atoms with Crippen LogP contribution in [-0.2, 0) is 14.8 Å². The van der Waals surface area contributed by atoms with E-state index in [1.165, 1.54) is 4.31 Å². The van der Waals surface area contributed by atoms with Crippen molar-refractivity contribution in [3.63, 3.8) is 0 Å². The van der Waals surface area contributed by atoms with E-state index in [1.807, 2.05) is 0 Å². The number of nitrogens with zero attached hydrogens (tertiary/aromatic N) is 1. The lowest BCUT2D eigenvalue weighted by molar-refractivity contribution is -0.125. The lowest BCUT2D eigenvalue weighted by Gasteiger charge is -2.33. The van der Waals surface area contributed by atoms with E-state index in [4.69, 9.17) is 0 Å². The van der Waals surface area contributed by atoms with E-state index in [9.17, 15) is 13.2 Å². The van der Waals surface area contributed by atoms with Gasteiger partial charge in [-0.25, -0.2) is 8.42 Å². The second kappa shape index (κ2) is 6.29. The Kier molecular flexibility index (Phi) is 4.56. The molecule has 0 aromatic heterocycles. The van der Waals surface area contributed by atoms with Crippen LogP contribution in [0.15, 0.2) is 33.6 Å². The molecular weight excluding hydrogens is 368 g/mol. The highest BCUT2D eigenvalue weighted by atomic mass is 79.9. The molecule has 0 bridgehead atoms. The fourth-order valence-electron chi connectivity index (χ4n) is 2.72. The van der Waals surface area contributed by atoms with Crippen molar-refractivity contribution in [1.82, 2.24) is 9.62 Å². The van der Waals surface area contributed by atoms with Crippen molar-refractivity contribution < 1.29 is 13.2 Å². The van der Waals surface area contributed by atoms with Gasteiger partial charge in [0.2, 0.25) is 15.9 Å². The number of piperidine rings is 1. The third-order valence-corrected chi connectivity index (χ3v) is 6.55. The van der Waals surface area contributed by atoms with Gasteiger partial charge in [0.1, 0.15) is 6.04 Å². The molecule has 1 amide bonds. The monoisotopic (exact) mass is 386 g/mol. The topological polar surface area (TPSA) is 66.5 Å². The number of halogens is 1. The predicted molar refractivity (Wildman–Crippen MR) is 86.8 cm³/mol. The van der Waals surface area contributed by atoms with Crippen LogP contribution in [0.2, 0.25) is 0 Å². The van der Waals surface area contributed by atoms with Crippen LogP contribution in [0.1, 0.15) is 32.1 Å². The average molecular weight is 387 g/mol. The van der Waals surface area contributed by atoms with E-state index in [0.717, 1.165) is 30.2 Å². The second-order valence-corrected chi connectivity index (χ2v) is 8.67. The minimum Gasteiger partial charge on any atom is -0.352 e. The van der Waals surface area contributed by atoms with E-state index >= 15 is 0 Å². The van der Waals surface area contributed by atoms with Crippen LogP contribution in [0.4, 0.5) is 0 Å². The largest absolute Gasteiger partial charge is 0.352 e. The molecule has 22 heavy (non-hydrogen) atoms. The molecule has 1 aromatic rings. The molecule has 1 aromatic carbocycles. The van der Waals surface area contributed by atoms with Crippen LogP contribution in [0.3, 0.4) is 0 Å². The lowest BCUT2D eigenvalue weighted by Crippen LogP contribution is -2.52. The molecule has 1 saturated carbocycles. The first kappa shape index (κ1) is 16.0. The molecule has 1 aliphatic heterocycles. The van der Waals surface area contributed by atoms with E-state index in [0.29, 0.717) is 13.0 Å². The maximum absolute atomic E-state index is 12.8. The molecule has 1 N–H and O–H groups in total. The fraction of sp³-hybridized carbons (Fsp3) is 0.533. The summed E-state index contributed by atoms with van der Waals surface area (Å²) in [7, 11) is -3.64. The number of carbonyl (C=O) groups is 1. The van der Waals surface area contributed by atoms with E-state index < -0.39 is 16.1 Å². The van der Waals surface area contributed by atoms with Crippen molar-refractivity contribution in [1.29, 1.82) is 0 Å². The summed E-state index contributed by atoms with van der Waals surface area (Å²) in [4.78, 5) is 12.6. The molecule has 0 radical (unpaired) electrons. The molecular formula is C15H19BrN2O3S. The Morgan fingerprint density at radius 1 is 1.14 bits per heavy atom. The quantitative estimate of drug-likeness (QED) is 0.862. The Balaban J connectivity index is 1.85. The highest BCUT2D eigenvalue weighted by Gasteiger charge is 2.39. The number of hydrogen-bond acceptors (Lipinski definition) is 3. The predicted octanol–water partition coefficient (Wildman–Crippen LogP) is 2.27. The van der Waals surface area contributed by atoms with Crippen molar-refractivity contribution in [2.75, 3.05) is 6.54 Å². The Morgan fingerprint density at radius 2 is 1.82 bits per heavy atom. The summed E-state index contributed by atoms with van der Waals surface area (Å²) >= 11 is 3.30. The highest BCUT2D eigenvalue weighted by Crippen LogP contribution is 2.27. The molecule has 5 nitrogen and oxygen atoms in total. The zero-order valence-electron chi connectivity index (χ0n) is 12.2. The molecule has 1 aliphatic carbocycles. The van der Waals surface area contributed by atoms with Crippen molar-refractivity contribution >= 4 is 31.9 Å². The van der Waals surface area contributed by atoms with Crippen LogP contribution in [0.5, 0.6) is 0 Å². The van der Waals surface area contributed by atoms with Gasteiger partial charge in [0.25, 0.3) is 0 Å². The van der Waals surface area contributed by atoms with Gasteiger partial charge in [-0.2, -0.15) is 4.31 Å². The standard InChI is InChI=1S/C15H19BrN2O3S/c16-11-4-8-13(9-5-11)22(20,21)18-10-2-1-3-14(18)15(19)17-12-6-7-12/h4-5,8-9,12,14H,1-3,6-7,10H2,(H,17,19)/t14-/m1/s1. The molecule has 1 atom stereocenters. The summed E-state index contributed by atoms with van der Waals surface area (Å²) in [6.45, 7) is 0.404. The van der Waals surface area contributed by atoms with Gasteiger partial charge in [-0.05, 0) is 49.9 Å². The van der Waals surface area contributed by atoms with Crippen LogP contribution >= 0.6 is 15.9 Å². The molecule has 0 unspecified atom stereocenters. The number of hydrogen-bond donors (Lipinski definition) is 1. The summed E-state index contributed by atoms with van der Waals surface area (Å²) < 4.78 is 27.9. The maximum atomic E-state index is 12.8. The third kappa shape index (κ3) is 3.36. The lowest BCUT2D eigenvalue weighted by atomic mass is 10.0. The Hall–Kier alpha value is -0.920. The van der Waals surface area contributed by atoms with Crippen LogP contribution in [-0.4, -0.2) is 37.3 Å².